The Kier molecular flexibility index (Phi) is 9.28. The molecule has 0 bridgehead atoms. The van der Waals surface area contributed by atoms with Crippen molar-refractivity contribution in [3.63, 3.8) is 0 Å². The van der Waals surface area contributed by atoms with E-state index in [1.807, 2.05) is 45.0 Å². The van der Waals surface area contributed by atoms with Gasteiger partial charge in [-0.05, 0) is 48.2 Å². The fourth-order valence-electron chi connectivity index (χ4n) is 3.20. The molecule has 0 saturated heterocycles. The van der Waals surface area contributed by atoms with Crippen LogP contribution in [0.3, 0.4) is 0 Å². The van der Waals surface area contributed by atoms with Crippen molar-refractivity contribution in [2.45, 2.75) is 43.6 Å². The third kappa shape index (κ3) is 6.41. The minimum Gasteiger partial charge on any atom is -0.497 e. The van der Waals surface area contributed by atoms with E-state index in [4.69, 9.17) is 32.7 Å². The molecule has 0 aliphatic heterocycles. The fourth-order valence-corrected chi connectivity index (χ4v) is 5.02. The number of hydrogen-bond acceptors (Lipinski definition) is 5. The number of ether oxygens (including phenoxy) is 2. The number of ketones is 1. The van der Waals surface area contributed by atoms with Crippen molar-refractivity contribution in [1.82, 2.24) is 0 Å². The van der Waals surface area contributed by atoms with Gasteiger partial charge in [-0.3, -0.25) is 9.59 Å². The van der Waals surface area contributed by atoms with Gasteiger partial charge in [0.25, 0.3) is 0 Å². The lowest BCUT2D eigenvalue weighted by Crippen LogP contribution is -2.41. The molecule has 0 radical (unpaired) electrons. The maximum absolute atomic E-state index is 13.9. The number of hydrogen-bond donors (Lipinski definition) is 0. The lowest BCUT2D eigenvalue weighted by Gasteiger charge is -2.35. The molecule has 0 aliphatic rings. The molecule has 2 atom stereocenters. The molecule has 2 unspecified atom stereocenters. The smallest absolute Gasteiger partial charge is 0.306 e. The summed E-state index contributed by atoms with van der Waals surface area (Å²) < 4.78 is 9.32. The van der Waals surface area contributed by atoms with Gasteiger partial charge < -0.3 is 9.47 Å². The van der Waals surface area contributed by atoms with Gasteiger partial charge >= 0.3 is 5.97 Å². The first-order valence-corrected chi connectivity index (χ1v) is 11.7. The molecule has 2 aromatic carbocycles. The Balaban J connectivity index is 2.36. The van der Waals surface area contributed by atoms with Crippen LogP contribution >= 0.6 is 35.0 Å². The first kappa shape index (κ1) is 25.6. The van der Waals surface area contributed by atoms with Crippen LogP contribution in [0.2, 0.25) is 10.0 Å². The Labute approximate surface area is 198 Å². The molecule has 0 heterocycles. The van der Waals surface area contributed by atoms with Gasteiger partial charge in [-0.1, -0.05) is 55.2 Å². The number of esters is 1. The minimum absolute atomic E-state index is 0.0227. The molecular formula is C24H28Cl2O4S. The van der Waals surface area contributed by atoms with E-state index < -0.39 is 16.6 Å². The highest BCUT2D eigenvalue weighted by Crippen LogP contribution is 2.43. The summed E-state index contributed by atoms with van der Waals surface area (Å²) in [6.07, 6.45) is -0.0813. The number of Topliss-reactive ketones (excluding diaryl/α,β-unsaturated/α-hetero) is 1. The van der Waals surface area contributed by atoms with E-state index in [1.165, 1.54) is 7.11 Å². The van der Waals surface area contributed by atoms with Crippen LogP contribution in [0, 0.1) is 5.92 Å². The highest BCUT2D eigenvalue weighted by atomic mass is 35.5. The van der Waals surface area contributed by atoms with Crippen LogP contribution in [-0.2, 0) is 20.1 Å². The second-order valence-electron chi connectivity index (χ2n) is 7.76. The molecule has 7 heteroatoms. The first-order valence-electron chi connectivity index (χ1n) is 9.95. The molecule has 168 valence electrons. The van der Waals surface area contributed by atoms with Crippen molar-refractivity contribution in [3.05, 3.63) is 63.6 Å². The molecule has 0 aliphatic carbocycles. The Morgan fingerprint density at radius 1 is 1.06 bits per heavy atom. The van der Waals surface area contributed by atoms with E-state index in [2.05, 4.69) is 0 Å². The second kappa shape index (κ2) is 11.3. The number of carbonyl (C=O) groups is 2. The summed E-state index contributed by atoms with van der Waals surface area (Å²) in [5.41, 5.74) is 1.66. The van der Waals surface area contributed by atoms with Crippen LogP contribution in [0.15, 0.2) is 42.5 Å². The first-order chi connectivity index (χ1) is 14.6. The normalized spacial score (nSPS) is 14.1. The zero-order valence-electron chi connectivity index (χ0n) is 18.4. The van der Waals surface area contributed by atoms with Crippen molar-refractivity contribution in [3.8, 4) is 5.75 Å². The summed E-state index contributed by atoms with van der Waals surface area (Å²) in [4.78, 5) is 26.0. The topological polar surface area (TPSA) is 52.6 Å². The summed E-state index contributed by atoms with van der Waals surface area (Å²) in [6.45, 7) is 5.96. The molecule has 0 fully saturated rings. The standard InChI is InChI=1S/C24H28Cl2O4S/c1-15(2)24(3,31-14-16-6-9-18(29-4)10-7-16)23(28)20(13-22(27)30-5)19-11-8-17(25)12-21(19)26/h6-12,15,20H,13-14H2,1-5H3. The molecule has 0 saturated carbocycles. The average molecular weight is 483 g/mol. The van der Waals surface area contributed by atoms with Gasteiger partial charge in [-0.2, -0.15) is 0 Å². The highest BCUT2D eigenvalue weighted by molar-refractivity contribution is 8.00. The van der Waals surface area contributed by atoms with Crippen molar-refractivity contribution in [1.29, 1.82) is 0 Å². The number of carbonyl (C=O) groups excluding carboxylic acids is 2. The van der Waals surface area contributed by atoms with Crippen LogP contribution < -0.4 is 4.74 Å². The lowest BCUT2D eigenvalue weighted by molar-refractivity contribution is -0.143. The SMILES string of the molecule is COC(=O)CC(C(=O)C(C)(SCc1ccc(OC)cc1)C(C)C)c1ccc(Cl)cc1Cl. The van der Waals surface area contributed by atoms with Gasteiger partial charge in [0.05, 0.1) is 31.3 Å². The molecule has 0 amide bonds. The lowest BCUT2D eigenvalue weighted by atomic mass is 9.80. The number of methoxy groups -OCH3 is 2. The Bertz CT molecular complexity index is 914. The zero-order chi connectivity index (χ0) is 23.2. The zero-order valence-corrected chi connectivity index (χ0v) is 20.7. The van der Waals surface area contributed by atoms with Crippen molar-refractivity contribution in [2.24, 2.45) is 5.92 Å². The Morgan fingerprint density at radius 2 is 1.71 bits per heavy atom. The molecule has 2 aromatic rings. The highest BCUT2D eigenvalue weighted by Gasteiger charge is 2.42. The van der Waals surface area contributed by atoms with Crippen LogP contribution in [0.4, 0.5) is 0 Å². The van der Waals surface area contributed by atoms with Crippen LogP contribution in [0.1, 0.15) is 44.2 Å². The summed E-state index contributed by atoms with van der Waals surface area (Å²) in [5.74, 6) is 0.199. The molecule has 4 nitrogen and oxygen atoms in total. The van der Waals surface area contributed by atoms with Crippen molar-refractivity contribution in [2.75, 3.05) is 14.2 Å². The van der Waals surface area contributed by atoms with E-state index in [0.29, 0.717) is 21.4 Å². The van der Waals surface area contributed by atoms with E-state index in [0.717, 1.165) is 11.3 Å². The third-order valence-electron chi connectivity index (χ3n) is 5.54. The van der Waals surface area contributed by atoms with Crippen LogP contribution in [-0.4, -0.2) is 30.7 Å². The molecule has 0 aromatic heterocycles. The van der Waals surface area contributed by atoms with Crippen LogP contribution in [0.5, 0.6) is 5.75 Å². The number of halogens is 2. The summed E-state index contributed by atoms with van der Waals surface area (Å²) >= 11 is 14.0. The molecule has 0 N–H and O–H groups in total. The van der Waals surface area contributed by atoms with Gasteiger partial charge in [-0.15, -0.1) is 11.8 Å². The largest absolute Gasteiger partial charge is 0.497 e. The number of rotatable bonds is 10. The maximum atomic E-state index is 13.9. The predicted octanol–water partition coefficient (Wildman–Crippen LogP) is 6.57. The van der Waals surface area contributed by atoms with Gasteiger partial charge in [-0.25, -0.2) is 0 Å². The van der Waals surface area contributed by atoms with E-state index in [-0.39, 0.29) is 18.1 Å². The molecule has 31 heavy (non-hydrogen) atoms. The van der Waals surface area contributed by atoms with E-state index >= 15 is 0 Å². The van der Waals surface area contributed by atoms with E-state index in [9.17, 15) is 9.59 Å². The Hall–Kier alpha value is -1.69. The third-order valence-corrected chi connectivity index (χ3v) is 7.85. The monoisotopic (exact) mass is 482 g/mol. The molecular weight excluding hydrogens is 455 g/mol. The van der Waals surface area contributed by atoms with Gasteiger partial charge in [0.1, 0.15) is 5.75 Å². The quantitative estimate of drug-likeness (QED) is 0.358. The van der Waals surface area contributed by atoms with Crippen molar-refractivity contribution < 1.29 is 19.1 Å². The minimum atomic E-state index is -0.748. The van der Waals surface area contributed by atoms with Crippen molar-refractivity contribution >= 4 is 46.7 Å². The summed E-state index contributed by atoms with van der Waals surface area (Å²) in [5, 5.41) is 0.833. The maximum Gasteiger partial charge on any atom is 0.306 e. The Morgan fingerprint density at radius 3 is 2.23 bits per heavy atom. The fraction of sp³-hybridized carbons (Fsp3) is 0.417. The summed E-state index contributed by atoms with van der Waals surface area (Å²) in [6, 6.07) is 12.8. The second-order valence-corrected chi connectivity index (χ2v) is 10.0. The van der Waals surface area contributed by atoms with E-state index in [1.54, 1.807) is 37.1 Å². The van der Waals surface area contributed by atoms with Gasteiger partial charge in [0, 0.05) is 15.8 Å². The van der Waals surface area contributed by atoms with Gasteiger partial charge in [0.15, 0.2) is 5.78 Å². The van der Waals surface area contributed by atoms with Gasteiger partial charge in [0.2, 0.25) is 0 Å². The molecule has 2 rings (SSSR count). The van der Waals surface area contributed by atoms with Crippen LogP contribution in [0.25, 0.3) is 0 Å². The number of thioether (sulfide) groups is 1. The predicted molar refractivity (Wildman–Crippen MR) is 128 cm³/mol. The summed E-state index contributed by atoms with van der Waals surface area (Å²) in [7, 11) is 2.94. The molecule has 0 spiro atoms. The number of benzene rings is 2. The average Bonchev–Trinajstić information content (AvgIpc) is 2.75.